The van der Waals surface area contributed by atoms with Gasteiger partial charge in [-0.1, -0.05) is 24.3 Å². The minimum atomic E-state index is -4.68. The second kappa shape index (κ2) is 6.31. The molecule has 0 amide bonds. The number of benzene rings is 2. The molecule has 3 rings (SSSR count). The van der Waals surface area contributed by atoms with Gasteiger partial charge in [-0.3, -0.25) is 9.10 Å². The monoisotopic (exact) mass is 385 g/mol. The van der Waals surface area contributed by atoms with Crippen molar-refractivity contribution in [2.75, 3.05) is 11.4 Å². The van der Waals surface area contributed by atoms with Gasteiger partial charge in [0.25, 0.3) is 10.0 Å². The minimum Gasteiger partial charge on any atom is -0.469 e. The molecule has 5 nitrogen and oxygen atoms in total. The van der Waals surface area contributed by atoms with Crippen LogP contribution in [0.2, 0.25) is 0 Å². The topological polar surface area (TPSA) is 63.7 Å². The van der Waals surface area contributed by atoms with E-state index < -0.39 is 38.7 Å². The summed E-state index contributed by atoms with van der Waals surface area (Å²) in [6, 6.07) is 9.45. The summed E-state index contributed by atoms with van der Waals surface area (Å²) in [5.41, 5.74) is -0.676. The van der Waals surface area contributed by atoms with Gasteiger partial charge in [-0.05, 0) is 29.8 Å². The van der Waals surface area contributed by atoms with E-state index in [1.54, 1.807) is 18.2 Å². The van der Waals surface area contributed by atoms with E-state index in [0.29, 0.717) is 6.07 Å². The molecule has 0 bridgehead atoms. The summed E-state index contributed by atoms with van der Waals surface area (Å²) in [6.45, 7) is 0. The van der Waals surface area contributed by atoms with Crippen molar-refractivity contribution in [1.82, 2.24) is 0 Å². The molecule has 0 aromatic heterocycles. The lowest BCUT2D eigenvalue weighted by atomic mass is 10.0. The van der Waals surface area contributed by atoms with E-state index >= 15 is 0 Å². The van der Waals surface area contributed by atoms with E-state index in [4.69, 9.17) is 0 Å². The van der Waals surface area contributed by atoms with E-state index in [9.17, 15) is 26.4 Å². The lowest BCUT2D eigenvalue weighted by molar-refractivity contribution is -0.141. The van der Waals surface area contributed by atoms with E-state index in [1.165, 1.54) is 12.1 Å². The normalized spacial score (nSPS) is 18.5. The van der Waals surface area contributed by atoms with Crippen molar-refractivity contribution in [2.24, 2.45) is 0 Å². The zero-order valence-corrected chi connectivity index (χ0v) is 14.3. The Morgan fingerprint density at radius 2 is 1.81 bits per heavy atom. The third-order valence-corrected chi connectivity index (χ3v) is 6.01. The molecule has 1 aliphatic heterocycles. The predicted molar refractivity (Wildman–Crippen MR) is 86.9 cm³/mol. The SMILES string of the molecule is COC(=O)C[C@H]1c2ccc(C(F)(F)F)cc2S(=O)(=O)N1c1ccccc1. The third kappa shape index (κ3) is 3.03. The van der Waals surface area contributed by atoms with Gasteiger partial charge < -0.3 is 4.74 Å². The van der Waals surface area contributed by atoms with Crippen LogP contribution < -0.4 is 4.31 Å². The molecule has 1 heterocycles. The first-order chi connectivity index (χ1) is 12.2. The number of ether oxygens (including phenoxy) is 1. The first-order valence-corrected chi connectivity index (χ1v) is 8.97. The summed E-state index contributed by atoms with van der Waals surface area (Å²) in [5.74, 6) is -0.668. The fourth-order valence-corrected chi connectivity index (χ4v) is 4.85. The summed E-state index contributed by atoms with van der Waals surface area (Å²) in [7, 11) is -3.10. The smallest absolute Gasteiger partial charge is 0.416 e. The average molecular weight is 385 g/mol. The van der Waals surface area contributed by atoms with Crippen molar-refractivity contribution in [1.29, 1.82) is 0 Å². The van der Waals surface area contributed by atoms with E-state index in [0.717, 1.165) is 23.5 Å². The highest BCUT2D eigenvalue weighted by Crippen LogP contribution is 2.46. The molecule has 0 saturated heterocycles. The third-order valence-electron chi connectivity index (χ3n) is 4.12. The highest BCUT2D eigenvalue weighted by Gasteiger charge is 2.45. The van der Waals surface area contributed by atoms with Crippen molar-refractivity contribution >= 4 is 21.7 Å². The van der Waals surface area contributed by atoms with Crippen LogP contribution in [0, 0.1) is 0 Å². The van der Waals surface area contributed by atoms with Gasteiger partial charge in [0.2, 0.25) is 0 Å². The fraction of sp³-hybridized carbons (Fsp3) is 0.235. The quantitative estimate of drug-likeness (QED) is 0.759. The van der Waals surface area contributed by atoms with Gasteiger partial charge in [0.05, 0.1) is 35.7 Å². The first-order valence-electron chi connectivity index (χ1n) is 7.53. The van der Waals surface area contributed by atoms with Crippen LogP contribution in [0.25, 0.3) is 0 Å². The van der Waals surface area contributed by atoms with Crippen LogP contribution in [0.4, 0.5) is 18.9 Å². The number of para-hydroxylation sites is 1. The summed E-state index contributed by atoms with van der Waals surface area (Å²) >= 11 is 0. The van der Waals surface area contributed by atoms with Crippen LogP contribution in [0.3, 0.4) is 0 Å². The molecule has 0 N–H and O–H groups in total. The number of sulfonamides is 1. The van der Waals surface area contributed by atoms with Gasteiger partial charge in [0.15, 0.2) is 0 Å². The zero-order chi connectivity index (χ0) is 19.1. The van der Waals surface area contributed by atoms with Gasteiger partial charge in [0, 0.05) is 0 Å². The molecule has 1 aliphatic rings. The Kier molecular flexibility index (Phi) is 4.43. The van der Waals surface area contributed by atoms with Crippen molar-refractivity contribution < 1.29 is 31.1 Å². The van der Waals surface area contributed by atoms with E-state index in [-0.39, 0.29) is 17.7 Å². The summed E-state index contributed by atoms with van der Waals surface area (Å²) < 4.78 is 70.5. The molecule has 0 radical (unpaired) electrons. The van der Waals surface area contributed by atoms with Gasteiger partial charge in [-0.25, -0.2) is 8.42 Å². The standard InChI is InChI=1S/C17H14F3NO4S/c1-25-16(22)10-14-13-8-7-11(17(18,19)20)9-15(13)26(23,24)21(14)12-5-3-2-4-6-12/h2-9,14H,10H2,1H3/t14-/m0/s1. The molecule has 0 saturated carbocycles. The second-order valence-corrected chi connectivity index (χ2v) is 7.47. The average Bonchev–Trinajstić information content (AvgIpc) is 2.81. The number of hydrogen-bond acceptors (Lipinski definition) is 4. The van der Waals surface area contributed by atoms with Gasteiger partial charge >= 0.3 is 12.1 Å². The van der Waals surface area contributed by atoms with Crippen LogP contribution in [0.15, 0.2) is 53.4 Å². The maximum absolute atomic E-state index is 13.0. The van der Waals surface area contributed by atoms with Gasteiger partial charge in [0.1, 0.15) is 0 Å². The Morgan fingerprint density at radius 1 is 1.15 bits per heavy atom. The largest absolute Gasteiger partial charge is 0.469 e. The number of esters is 1. The summed E-state index contributed by atoms with van der Waals surface area (Å²) in [5, 5.41) is 0. The molecule has 0 fully saturated rings. The molecule has 138 valence electrons. The lowest BCUT2D eigenvalue weighted by Crippen LogP contribution is -2.29. The first kappa shape index (κ1) is 18.2. The minimum absolute atomic E-state index is 0.132. The number of carbonyl (C=O) groups excluding carboxylic acids is 1. The Balaban J connectivity index is 2.20. The molecule has 2 aromatic rings. The van der Waals surface area contributed by atoms with E-state index in [1.807, 2.05) is 0 Å². The van der Waals surface area contributed by atoms with Crippen LogP contribution in [0.1, 0.15) is 23.6 Å². The molecule has 2 aromatic carbocycles. The molecular weight excluding hydrogens is 371 g/mol. The molecule has 1 atom stereocenters. The van der Waals surface area contributed by atoms with Crippen LogP contribution >= 0.6 is 0 Å². The lowest BCUT2D eigenvalue weighted by Gasteiger charge is -2.24. The van der Waals surface area contributed by atoms with Gasteiger partial charge in [-0.2, -0.15) is 13.2 Å². The molecule has 26 heavy (non-hydrogen) atoms. The Hall–Kier alpha value is -2.55. The number of rotatable bonds is 3. The number of fused-ring (bicyclic) bond motifs is 1. The number of halogens is 3. The zero-order valence-electron chi connectivity index (χ0n) is 13.5. The molecule has 0 aliphatic carbocycles. The van der Waals surface area contributed by atoms with Crippen LogP contribution in [-0.4, -0.2) is 21.5 Å². The molecule has 9 heteroatoms. The summed E-state index contributed by atoms with van der Waals surface area (Å²) in [4.78, 5) is 11.3. The Morgan fingerprint density at radius 3 is 2.38 bits per heavy atom. The highest BCUT2D eigenvalue weighted by molar-refractivity contribution is 7.93. The van der Waals surface area contributed by atoms with Crippen LogP contribution in [-0.2, 0) is 25.7 Å². The number of hydrogen-bond donors (Lipinski definition) is 0. The highest BCUT2D eigenvalue weighted by atomic mass is 32.2. The maximum Gasteiger partial charge on any atom is 0.416 e. The summed E-state index contributed by atoms with van der Waals surface area (Å²) in [6.07, 6.45) is -4.99. The fourth-order valence-electron chi connectivity index (χ4n) is 2.94. The van der Waals surface area contributed by atoms with Crippen molar-refractivity contribution in [3.05, 3.63) is 59.7 Å². The Labute approximate surface area is 148 Å². The van der Waals surface area contributed by atoms with Crippen molar-refractivity contribution in [3.8, 4) is 0 Å². The number of nitrogens with zero attached hydrogens (tertiary/aromatic N) is 1. The number of anilines is 1. The predicted octanol–water partition coefficient (Wildman–Crippen LogP) is 3.52. The van der Waals surface area contributed by atoms with Crippen molar-refractivity contribution in [2.45, 2.75) is 23.5 Å². The maximum atomic E-state index is 13.0. The molecule has 0 spiro atoms. The van der Waals surface area contributed by atoms with Crippen molar-refractivity contribution in [3.63, 3.8) is 0 Å². The molecule has 0 unspecified atom stereocenters. The van der Waals surface area contributed by atoms with Crippen LogP contribution in [0.5, 0.6) is 0 Å². The number of methoxy groups -OCH3 is 1. The van der Waals surface area contributed by atoms with E-state index in [2.05, 4.69) is 4.74 Å². The number of alkyl halides is 3. The number of carbonyl (C=O) groups is 1. The Bertz CT molecular complexity index is 942. The second-order valence-electron chi connectivity index (χ2n) is 5.68. The molecular formula is C17H14F3NO4S. The van der Waals surface area contributed by atoms with Gasteiger partial charge in [-0.15, -0.1) is 0 Å².